The van der Waals surface area contributed by atoms with Crippen LogP contribution in [-0.2, 0) is 19.1 Å². The number of nitrogens with one attached hydrogen (secondary N) is 1. The molecule has 1 N–H and O–H groups in total. The molecule has 0 aliphatic carbocycles. The second kappa shape index (κ2) is 10.1. The maximum absolute atomic E-state index is 11.6. The number of benzene rings is 1. The summed E-state index contributed by atoms with van der Waals surface area (Å²) in [6.07, 6.45) is 0. The van der Waals surface area contributed by atoms with E-state index in [0.29, 0.717) is 6.61 Å². The number of nitrogens with zero attached hydrogens (tertiary/aromatic N) is 1. The van der Waals surface area contributed by atoms with Gasteiger partial charge in [-0.25, -0.2) is 4.79 Å². The predicted molar refractivity (Wildman–Crippen MR) is 85.6 cm³/mol. The van der Waals surface area contributed by atoms with E-state index >= 15 is 0 Å². The molecule has 0 saturated carbocycles. The Morgan fingerprint density at radius 1 is 1.28 bits per heavy atom. The van der Waals surface area contributed by atoms with Gasteiger partial charge in [0.1, 0.15) is 5.75 Å². The zero-order chi connectivity index (χ0) is 18.8. The zero-order valence-corrected chi connectivity index (χ0v) is 14.1. The fourth-order valence-corrected chi connectivity index (χ4v) is 1.84. The van der Waals surface area contributed by atoms with Gasteiger partial charge in [-0.1, -0.05) is 0 Å². The van der Waals surface area contributed by atoms with Crippen molar-refractivity contribution in [2.75, 3.05) is 34.0 Å². The molecule has 0 fully saturated rings. The van der Waals surface area contributed by atoms with Gasteiger partial charge < -0.3 is 24.3 Å². The van der Waals surface area contributed by atoms with Crippen molar-refractivity contribution in [1.29, 1.82) is 0 Å². The molecule has 25 heavy (non-hydrogen) atoms. The molecule has 10 heteroatoms. The lowest BCUT2D eigenvalue weighted by Crippen LogP contribution is -2.38. The lowest BCUT2D eigenvalue weighted by atomic mass is 10.3. The number of nitro groups is 1. The van der Waals surface area contributed by atoms with Crippen LogP contribution in [0, 0.1) is 10.1 Å². The van der Waals surface area contributed by atoms with Crippen molar-refractivity contribution in [2.24, 2.45) is 0 Å². The molecule has 0 aliphatic rings. The van der Waals surface area contributed by atoms with Gasteiger partial charge in [0, 0.05) is 25.3 Å². The van der Waals surface area contributed by atoms with Crippen LogP contribution in [0.4, 0.5) is 5.69 Å². The van der Waals surface area contributed by atoms with E-state index in [2.05, 4.69) is 5.32 Å². The molecular formula is C15H20N2O8. The van der Waals surface area contributed by atoms with Crippen LogP contribution in [0.1, 0.15) is 6.92 Å². The van der Waals surface area contributed by atoms with Crippen molar-refractivity contribution in [3.8, 4) is 11.5 Å². The summed E-state index contributed by atoms with van der Waals surface area (Å²) in [5.74, 6) is -1.03. The molecule has 0 radical (unpaired) electrons. The molecule has 1 unspecified atom stereocenters. The number of hydrogen-bond acceptors (Lipinski definition) is 8. The first kappa shape index (κ1) is 20.2. The Kier molecular flexibility index (Phi) is 8.13. The number of carbonyl (C=O) groups is 2. The number of ether oxygens (including phenoxy) is 4. The van der Waals surface area contributed by atoms with Gasteiger partial charge >= 0.3 is 11.7 Å². The summed E-state index contributed by atoms with van der Waals surface area (Å²) in [7, 11) is 2.79. The molecule has 0 aromatic heterocycles. The fourth-order valence-electron chi connectivity index (χ4n) is 1.84. The van der Waals surface area contributed by atoms with Gasteiger partial charge in [-0.05, 0) is 13.0 Å². The summed E-state index contributed by atoms with van der Waals surface area (Å²) in [5.41, 5.74) is -0.223. The Labute approximate surface area is 144 Å². The molecule has 0 spiro atoms. The molecule has 0 aliphatic heterocycles. The second-order valence-electron chi connectivity index (χ2n) is 4.96. The number of hydrogen-bond donors (Lipinski definition) is 1. The average molecular weight is 356 g/mol. The molecule has 0 saturated heterocycles. The molecule has 1 aromatic carbocycles. The van der Waals surface area contributed by atoms with E-state index < -0.39 is 30.0 Å². The minimum absolute atomic E-state index is 0.00220. The molecule has 1 rings (SSSR count). The maximum atomic E-state index is 11.6. The minimum atomic E-state index is -0.758. The van der Waals surface area contributed by atoms with Crippen LogP contribution in [0.2, 0.25) is 0 Å². The number of amides is 1. The Morgan fingerprint density at radius 2 is 2.00 bits per heavy atom. The Hall–Kier alpha value is -2.88. The maximum Gasteiger partial charge on any atom is 0.344 e. The van der Waals surface area contributed by atoms with Gasteiger partial charge in [-0.2, -0.15) is 0 Å². The Balaban J connectivity index is 2.44. The van der Waals surface area contributed by atoms with Crippen molar-refractivity contribution in [2.45, 2.75) is 13.0 Å². The van der Waals surface area contributed by atoms with Gasteiger partial charge in [-0.3, -0.25) is 14.9 Å². The molecule has 1 amide bonds. The highest BCUT2D eigenvalue weighted by molar-refractivity contribution is 5.81. The third-order valence-electron chi connectivity index (χ3n) is 2.89. The van der Waals surface area contributed by atoms with Gasteiger partial charge in [0.05, 0.1) is 18.6 Å². The summed E-state index contributed by atoms with van der Waals surface area (Å²) in [6, 6.07) is 3.60. The topological polar surface area (TPSA) is 126 Å². The van der Waals surface area contributed by atoms with E-state index in [1.165, 1.54) is 32.4 Å². The largest absolute Gasteiger partial charge is 0.490 e. The Morgan fingerprint density at radius 3 is 2.60 bits per heavy atom. The lowest BCUT2D eigenvalue weighted by Gasteiger charge is -2.13. The third kappa shape index (κ3) is 7.04. The first-order valence-electron chi connectivity index (χ1n) is 7.26. The normalized spacial score (nSPS) is 11.3. The quantitative estimate of drug-likeness (QED) is 0.368. The highest BCUT2D eigenvalue weighted by Gasteiger charge is 2.16. The van der Waals surface area contributed by atoms with Gasteiger partial charge in [0.25, 0.3) is 5.91 Å². The van der Waals surface area contributed by atoms with E-state index in [4.69, 9.17) is 18.9 Å². The standard InChI is InChI=1S/C15H20N2O8/c1-10(7-22-2)16-14(18)8-25-15(19)9-24-11-4-5-12(17(20)21)13(6-11)23-3/h4-6,10H,7-9H2,1-3H3,(H,16,18). The van der Waals surface area contributed by atoms with Crippen molar-refractivity contribution in [1.82, 2.24) is 5.32 Å². The zero-order valence-electron chi connectivity index (χ0n) is 14.1. The van der Waals surface area contributed by atoms with Crippen molar-refractivity contribution < 1.29 is 33.5 Å². The second-order valence-corrected chi connectivity index (χ2v) is 4.96. The summed E-state index contributed by atoms with van der Waals surface area (Å²) < 4.78 is 19.7. The number of methoxy groups -OCH3 is 2. The lowest BCUT2D eigenvalue weighted by molar-refractivity contribution is -0.385. The minimum Gasteiger partial charge on any atom is -0.490 e. The molecule has 1 aromatic rings. The molecule has 1 atom stereocenters. The molecule has 138 valence electrons. The summed E-state index contributed by atoms with van der Waals surface area (Å²) in [5, 5.41) is 13.4. The SMILES string of the molecule is COCC(C)NC(=O)COC(=O)COc1ccc([N+](=O)[O-])c(OC)c1. The summed E-state index contributed by atoms with van der Waals surface area (Å²) in [4.78, 5) is 33.3. The van der Waals surface area contributed by atoms with E-state index in [1.54, 1.807) is 6.92 Å². The van der Waals surface area contributed by atoms with E-state index in [9.17, 15) is 19.7 Å². The van der Waals surface area contributed by atoms with Crippen molar-refractivity contribution >= 4 is 17.6 Å². The van der Waals surface area contributed by atoms with Crippen LogP contribution in [0.5, 0.6) is 11.5 Å². The fraction of sp³-hybridized carbons (Fsp3) is 0.467. The van der Waals surface area contributed by atoms with Crippen LogP contribution in [0.3, 0.4) is 0 Å². The van der Waals surface area contributed by atoms with Crippen LogP contribution >= 0.6 is 0 Å². The molecule has 0 bridgehead atoms. The van der Waals surface area contributed by atoms with Crippen LogP contribution in [0.25, 0.3) is 0 Å². The first-order chi connectivity index (χ1) is 11.9. The number of rotatable bonds is 10. The summed E-state index contributed by atoms with van der Waals surface area (Å²) in [6.45, 7) is 1.18. The van der Waals surface area contributed by atoms with Gasteiger partial charge in [0.2, 0.25) is 5.75 Å². The van der Waals surface area contributed by atoms with Crippen LogP contribution in [-0.4, -0.2) is 56.9 Å². The van der Waals surface area contributed by atoms with Crippen LogP contribution < -0.4 is 14.8 Å². The highest BCUT2D eigenvalue weighted by atomic mass is 16.6. The third-order valence-corrected chi connectivity index (χ3v) is 2.89. The summed E-state index contributed by atoms with van der Waals surface area (Å²) >= 11 is 0. The number of nitro benzene ring substituents is 1. The molecule has 10 nitrogen and oxygen atoms in total. The van der Waals surface area contributed by atoms with E-state index in [1.807, 2.05) is 0 Å². The smallest absolute Gasteiger partial charge is 0.344 e. The highest BCUT2D eigenvalue weighted by Crippen LogP contribution is 2.30. The van der Waals surface area contributed by atoms with E-state index in [0.717, 1.165) is 0 Å². The predicted octanol–water partition coefficient (Wildman–Crippen LogP) is 0.677. The van der Waals surface area contributed by atoms with Gasteiger partial charge in [-0.15, -0.1) is 0 Å². The number of esters is 1. The van der Waals surface area contributed by atoms with Gasteiger partial charge in [0.15, 0.2) is 13.2 Å². The van der Waals surface area contributed by atoms with Crippen molar-refractivity contribution in [3.05, 3.63) is 28.3 Å². The molecular weight excluding hydrogens is 336 g/mol. The average Bonchev–Trinajstić information content (AvgIpc) is 2.57. The van der Waals surface area contributed by atoms with Crippen molar-refractivity contribution in [3.63, 3.8) is 0 Å². The Bertz CT molecular complexity index is 620. The number of carbonyl (C=O) groups excluding carboxylic acids is 2. The molecule has 0 heterocycles. The van der Waals surface area contributed by atoms with Crippen LogP contribution in [0.15, 0.2) is 18.2 Å². The monoisotopic (exact) mass is 356 g/mol. The first-order valence-corrected chi connectivity index (χ1v) is 7.26. The van der Waals surface area contributed by atoms with E-state index in [-0.39, 0.29) is 23.2 Å².